The van der Waals surface area contributed by atoms with Gasteiger partial charge in [0.15, 0.2) is 5.96 Å². The number of alkyl carbamates (subject to hydrolysis) is 1. The van der Waals surface area contributed by atoms with E-state index in [9.17, 15) is 19.5 Å². The number of aliphatic imine (C=N–C) groups is 1. The van der Waals surface area contributed by atoms with Gasteiger partial charge in [-0.25, -0.2) is 9.59 Å². The Balaban J connectivity index is 1.65. The number of nitrogens with two attached hydrogens (primary N) is 2. The molecule has 7 N–H and O–H groups in total. The highest BCUT2D eigenvalue weighted by atomic mass is 16.5. The van der Waals surface area contributed by atoms with Gasteiger partial charge in [-0.15, -0.1) is 0 Å². The lowest BCUT2D eigenvalue weighted by molar-refractivity contribution is -0.142. The van der Waals surface area contributed by atoms with Crippen LogP contribution in [0.1, 0.15) is 50.7 Å². The molecule has 1 aliphatic rings. The van der Waals surface area contributed by atoms with Crippen molar-refractivity contribution in [1.82, 2.24) is 10.6 Å². The van der Waals surface area contributed by atoms with Gasteiger partial charge in [-0.2, -0.15) is 0 Å². The van der Waals surface area contributed by atoms with E-state index < -0.39 is 35.7 Å². The number of rotatable bonds is 12. The number of carboxylic acid groups (broad SMARTS) is 1. The van der Waals surface area contributed by atoms with E-state index >= 15 is 0 Å². The number of carboxylic acids is 1. The van der Waals surface area contributed by atoms with Crippen molar-refractivity contribution in [1.29, 1.82) is 0 Å². The smallest absolute Gasteiger partial charge is 0.407 e. The summed E-state index contributed by atoms with van der Waals surface area (Å²) in [6.07, 6.45) is -0.387. The summed E-state index contributed by atoms with van der Waals surface area (Å²) in [5.41, 5.74) is 14.3. The van der Waals surface area contributed by atoms with Crippen LogP contribution in [-0.2, 0) is 19.1 Å². The summed E-state index contributed by atoms with van der Waals surface area (Å²) in [5, 5.41) is 14.6. The van der Waals surface area contributed by atoms with Gasteiger partial charge in [-0.05, 0) is 55.9 Å². The first-order chi connectivity index (χ1) is 18.5. The Morgan fingerprint density at radius 1 is 0.974 bits per heavy atom. The number of fused-ring (bicyclic) bond motifs is 3. The van der Waals surface area contributed by atoms with Crippen LogP contribution in [0.3, 0.4) is 0 Å². The van der Waals surface area contributed by atoms with Crippen LogP contribution in [0.15, 0.2) is 53.5 Å². The molecule has 1 aliphatic carbocycles. The second-order valence-corrected chi connectivity index (χ2v) is 10.3. The van der Waals surface area contributed by atoms with Crippen LogP contribution in [0.2, 0.25) is 0 Å². The third-order valence-corrected chi connectivity index (χ3v) is 6.20. The molecule has 0 saturated carbocycles. The van der Waals surface area contributed by atoms with Gasteiger partial charge in [0.1, 0.15) is 18.7 Å². The third kappa shape index (κ3) is 8.44. The number of ether oxygens (including phenoxy) is 2. The molecular formula is C28H37N5O6. The molecule has 0 aliphatic heterocycles. The van der Waals surface area contributed by atoms with Crippen LogP contribution in [0.25, 0.3) is 11.1 Å². The number of amides is 2. The summed E-state index contributed by atoms with van der Waals surface area (Å²) in [6, 6.07) is 13.5. The maximum Gasteiger partial charge on any atom is 0.407 e. The minimum absolute atomic E-state index is 0.0663. The second kappa shape index (κ2) is 13.1. The van der Waals surface area contributed by atoms with Gasteiger partial charge in [0.05, 0.1) is 12.2 Å². The van der Waals surface area contributed by atoms with Crippen molar-refractivity contribution in [2.75, 3.05) is 19.8 Å². The monoisotopic (exact) mass is 539 g/mol. The number of hydrogen-bond donors (Lipinski definition) is 5. The molecule has 11 heteroatoms. The van der Waals surface area contributed by atoms with E-state index in [2.05, 4.69) is 15.6 Å². The zero-order chi connectivity index (χ0) is 28.6. The molecule has 0 saturated heterocycles. The highest BCUT2D eigenvalue weighted by molar-refractivity contribution is 5.89. The van der Waals surface area contributed by atoms with Gasteiger partial charge in [0, 0.05) is 12.5 Å². The molecule has 2 atom stereocenters. The van der Waals surface area contributed by atoms with Crippen molar-refractivity contribution in [3.63, 3.8) is 0 Å². The number of hydrogen-bond acceptors (Lipinski definition) is 6. The van der Waals surface area contributed by atoms with E-state index in [0.29, 0.717) is 6.42 Å². The van der Waals surface area contributed by atoms with Gasteiger partial charge in [-0.1, -0.05) is 48.5 Å². The van der Waals surface area contributed by atoms with E-state index in [4.69, 9.17) is 20.9 Å². The molecule has 0 heterocycles. The molecule has 39 heavy (non-hydrogen) atoms. The number of aliphatic carboxylic acids is 1. The number of carbonyl (C=O) groups excluding carboxylic acids is 2. The SMILES string of the molecule is CC(C)(C)OC[C@H](NC(=O)OCC1c2ccccc2-c2ccccc21)C(=O)N[C@@H](CCCN=C(N)N)C(=O)O. The van der Waals surface area contributed by atoms with E-state index in [1.165, 1.54) is 0 Å². The molecule has 2 aromatic carbocycles. The van der Waals surface area contributed by atoms with Crippen LogP contribution < -0.4 is 22.1 Å². The molecule has 0 fully saturated rings. The van der Waals surface area contributed by atoms with Gasteiger partial charge in [0.25, 0.3) is 0 Å². The van der Waals surface area contributed by atoms with Crippen molar-refractivity contribution >= 4 is 23.9 Å². The molecule has 2 amide bonds. The van der Waals surface area contributed by atoms with Crippen LogP contribution in [0.4, 0.5) is 4.79 Å². The lowest BCUT2D eigenvalue weighted by Gasteiger charge is -2.26. The number of benzene rings is 2. The van der Waals surface area contributed by atoms with Crippen molar-refractivity contribution in [3.05, 3.63) is 59.7 Å². The van der Waals surface area contributed by atoms with Gasteiger partial charge < -0.3 is 36.7 Å². The minimum atomic E-state index is -1.22. The van der Waals surface area contributed by atoms with Crippen molar-refractivity contribution in [2.24, 2.45) is 16.5 Å². The molecule has 210 valence electrons. The standard InChI is InChI=1S/C28H37N5O6/c1-28(2,3)39-16-23(24(34)32-22(25(35)36)13-8-14-31-26(29)30)33-27(37)38-15-21-19-11-6-4-9-17(19)18-10-5-7-12-20(18)21/h4-7,9-12,21-23H,8,13-16H2,1-3H3,(H,32,34)(H,33,37)(H,35,36)(H4,29,30,31)/t22-,23-/m0/s1. The molecule has 0 aromatic heterocycles. The Labute approximate surface area is 228 Å². The number of nitrogens with one attached hydrogen (secondary N) is 2. The van der Waals surface area contributed by atoms with E-state index in [-0.39, 0.29) is 38.1 Å². The Morgan fingerprint density at radius 3 is 2.10 bits per heavy atom. The molecule has 0 radical (unpaired) electrons. The fourth-order valence-corrected chi connectivity index (χ4v) is 4.33. The van der Waals surface area contributed by atoms with Gasteiger partial charge in [-0.3, -0.25) is 9.79 Å². The largest absolute Gasteiger partial charge is 0.480 e. The van der Waals surface area contributed by atoms with E-state index in [0.717, 1.165) is 22.3 Å². The quantitative estimate of drug-likeness (QED) is 0.155. The fraction of sp³-hybridized carbons (Fsp3) is 0.429. The lowest BCUT2D eigenvalue weighted by Crippen LogP contribution is -2.54. The highest BCUT2D eigenvalue weighted by Gasteiger charge is 2.31. The van der Waals surface area contributed by atoms with Gasteiger partial charge >= 0.3 is 12.1 Å². The first-order valence-corrected chi connectivity index (χ1v) is 12.8. The Morgan fingerprint density at radius 2 is 1.56 bits per heavy atom. The average molecular weight is 540 g/mol. The minimum Gasteiger partial charge on any atom is -0.480 e. The normalized spacial score (nSPS) is 13.9. The van der Waals surface area contributed by atoms with Crippen LogP contribution in [0.5, 0.6) is 0 Å². The highest BCUT2D eigenvalue weighted by Crippen LogP contribution is 2.44. The van der Waals surface area contributed by atoms with Crippen molar-refractivity contribution in [3.8, 4) is 11.1 Å². The molecule has 2 aromatic rings. The van der Waals surface area contributed by atoms with Crippen LogP contribution in [-0.4, -0.2) is 66.5 Å². The molecule has 0 bridgehead atoms. The Kier molecular flexibility index (Phi) is 9.89. The maximum atomic E-state index is 13.0. The topological polar surface area (TPSA) is 178 Å². The van der Waals surface area contributed by atoms with Crippen molar-refractivity contribution < 1.29 is 29.0 Å². The second-order valence-electron chi connectivity index (χ2n) is 10.3. The number of nitrogens with zero attached hydrogens (tertiary/aromatic N) is 1. The van der Waals surface area contributed by atoms with Gasteiger partial charge in [0.2, 0.25) is 5.91 Å². The first-order valence-electron chi connectivity index (χ1n) is 12.8. The lowest BCUT2D eigenvalue weighted by atomic mass is 9.98. The van der Waals surface area contributed by atoms with Crippen LogP contribution >= 0.6 is 0 Å². The van der Waals surface area contributed by atoms with Crippen LogP contribution in [0, 0.1) is 0 Å². The summed E-state index contributed by atoms with van der Waals surface area (Å²) in [7, 11) is 0. The summed E-state index contributed by atoms with van der Waals surface area (Å²) >= 11 is 0. The summed E-state index contributed by atoms with van der Waals surface area (Å²) in [6.45, 7) is 5.52. The Hall–Kier alpha value is -4.12. The molecular weight excluding hydrogens is 502 g/mol. The predicted molar refractivity (Wildman–Crippen MR) is 147 cm³/mol. The summed E-state index contributed by atoms with van der Waals surface area (Å²) in [5.74, 6) is -2.17. The summed E-state index contributed by atoms with van der Waals surface area (Å²) in [4.78, 5) is 41.4. The zero-order valence-corrected chi connectivity index (χ0v) is 22.5. The molecule has 11 nitrogen and oxygen atoms in total. The molecule has 0 unspecified atom stereocenters. The third-order valence-electron chi connectivity index (χ3n) is 6.20. The first kappa shape index (κ1) is 29.4. The average Bonchev–Trinajstić information content (AvgIpc) is 3.19. The number of carbonyl (C=O) groups is 3. The fourth-order valence-electron chi connectivity index (χ4n) is 4.33. The maximum absolute atomic E-state index is 13.0. The zero-order valence-electron chi connectivity index (χ0n) is 22.5. The molecule has 0 spiro atoms. The predicted octanol–water partition coefficient (Wildman–Crippen LogP) is 2.33. The Bertz CT molecular complexity index is 1160. The number of guanidine groups is 1. The van der Waals surface area contributed by atoms with E-state index in [1.54, 1.807) is 20.8 Å². The van der Waals surface area contributed by atoms with Crippen molar-refractivity contribution in [2.45, 2.75) is 57.2 Å². The summed E-state index contributed by atoms with van der Waals surface area (Å²) < 4.78 is 11.3. The van der Waals surface area contributed by atoms with E-state index in [1.807, 2.05) is 48.5 Å². The molecule has 3 rings (SSSR count).